The van der Waals surface area contributed by atoms with Crippen molar-refractivity contribution in [3.8, 4) is 0 Å². The lowest BCUT2D eigenvalue weighted by atomic mass is 10.1. The molecule has 6 nitrogen and oxygen atoms in total. The molecule has 6 heteroatoms. The summed E-state index contributed by atoms with van der Waals surface area (Å²) in [5, 5.41) is 4.58. The van der Waals surface area contributed by atoms with Crippen LogP contribution in [-0.4, -0.2) is 51.8 Å². The van der Waals surface area contributed by atoms with Crippen molar-refractivity contribution in [3.05, 3.63) is 41.9 Å². The van der Waals surface area contributed by atoms with Crippen LogP contribution in [0.3, 0.4) is 0 Å². The number of nitrogens with zero attached hydrogens (tertiary/aromatic N) is 5. The smallest absolute Gasteiger partial charge is 0.272 e. The van der Waals surface area contributed by atoms with Crippen LogP contribution in [0.2, 0.25) is 0 Å². The summed E-state index contributed by atoms with van der Waals surface area (Å²) < 4.78 is 1.83. The Hall–Kier alpha value is -2.37. The molecule has 0 radical (unpaired) electrons. The minimum atomic E-state index is 0.0871. The van der Waals surface area contributed by atoms with Crippen LogP contribution in [0, 0.1) is 0 Å². The SMILES string of the molecule is CCn1nc(C(C)C)cc1C(=O)N1CCCN(c2ccccn2)CC1. The topological polar surface area (TPSA) is 54.3 Å². The van der Waals surface area contributed by atoms with Gasteiger partial charge < -0.3 is 9.80 Å². The third kappa shape index (κ3) is 3.83. The maximum atomic E-state index is 13.0. The number of rotatable bonds is 4. The predicted molar refractivity (Wildman–Crippen MR) is 99.0 cm³/mol. The molecule has 0 aromatic carbocycles. The Balaban J connectivity index is 1.73. The van der Waals surface area contributed by atoms with Crippen LogP contribution in [0.25, 0.3) is 0 Å². The Morgan fingerprint density at radius 2 is 2.04 bits per heavy atom. The molecule has 1 fully saturated rings. The second kappa shape index (κ2) is 7.68. The second-order valence-electron chi connectivity index (χ2n) is 6.75. The quantitative estimate of drug-likeness (QED) is 0.858. The Kier molecular flexibility index (Phi) is 5.36. The van der Waals surface area contributed by atoms with Crippen molar-refractivity contribution in [2.45, 2.75) is 39.7 Å². The van der Waals surface area contributed by atoms with Crippen LogP contribution < -0.4 is 4.90 Å². The number of amides is 1. The lowest BCUT2D eigenvalue weighted by Gasteiger charge is -2.22. The molecule has 25 heavy (non-hydrogen) atoms. The van der Waals surface area contributed by atoms with E-state index in [1.54, 1.807) is 0 Å². The fourth-order valence-electron chi connectivity index (χ4n) is 3.18. The average Bonchev–Trinajstić information content (AvgIpc) is 2.92. The van der Waals surface area contributed by atoms with E-state index in [2.05, 4.69) is 28.8 Å². The average molecular weight is 341 g/mol. The molecule has 0 spiro atoms. The zero-order valence-corrected chi connectivity index (χ0v) is 15.4. The minimum Gasteiger partial charge on any atom is -0.355 e. The van der Waals surface area contributed by atoms with E-state index in [0.717, 1.165) is 37.6 Å². The van der Waals surface area contributed by atoms with Crippen molar-refractivity contribution in [2.24, 2.45) is 0 Å². The molecule has 0 N–H and O–H groups in total. The summed E-state index contributed by atoms with van der Waals surface area (Å²) in [6.45, 7) is 10.2. The highest BCUT2D eigenvalue weighted by molar-refractivity contribution is 5.92. The van der Waals surface area contributed by atoms with Crippen LogP contribution in [0.15, 0.2) is 30.5 Å². The first-order chi connectivity index (χ1) is 12.1. The first kappa shape index (κ1) is 17.5. The van der Waals surface area contributed by atoms with Crippen molar-refractivity contribution < 1.29 is 4.79 Å². The third-order valence-electron chi connectivity index (χ3n) is 4.67. The van der Waals surface area contributed by atoms with E-state index in [0.29, 0.717) is 24.7 Å². The largest absolute Gasteiger partial charge is 0.355 e. The fourth-order valence-corrected chi connectivity index (χ4v) is 3.18. The molecule has 0 atom stereocenters. The van der Waals surface area contributed by atoms with Gasteiger partial charge in [0, 0.05) is 38.9 Å². The summed E-state index contributed by atoms with van der Waals surface area (Å²) in [6.07, 6.45) is 2.76. The molecular weight excluding hydrogens is 314 g/mol. The Labute approximate surface area is 149 Å². The first-order valence-corrected chi connectivity index (χ1v) is 9.13. The molecule has 3 heterocycles. The predicted octanol–water partition coefficient (Wildman–Crippen LogP) is 2.77. The summed E-state index contributed by atoms with van der Waals surface area (Å²) in [5.41, 5.74) is 1.69. The molecule has 2 aromatic heterocycles. The van der Waals surface area contributed by atoms with Crippen molar-refractivity contribution in [3.63, 3.8) is 0 Å². The van der Waals surface area contributed by atoms with E-state index < -0.39 is 0 Å². The van der Waals surface area contributed by atoms with Gasteiger partial charge in [-0.15, -0.1) is 0 Å². The standard InChI is InChI=1S/C19H27N5O/c1-4-24-17(14-16(21-24)15(2)3)19(25)23-11-7-10-22(12-13-23)18-8-5-6-9-20-18/h5-6,8-9,14-15H,4,7,10-13H2,1-3H3. The Morgan fingerprint density at radius 1 is 1.20 bits per heavy atom. The number of carbonyl (C=O) groups excluding carboxylic acids is 1. The molecule has 0 aliphatic carbocycles. The molecule has 1 amide bonds. The normalized spacial score (nSPS) is 15.5. The number of carbonyl (C=O) groups is 1. The van der Waals surface area contributed by atoms with E-state index in [1.165, 1.54) is 0 Å². The van der Waals surface area contributed by atoms with Crippen molar-refractivity contribution >= 4 is 11.7 Å². The maximum Gasteiger partial charge on any atom is 0.272 e. The zero-order chi connectivity index (χ0) is 17.8. The number of anilines is 1. The van der Waals surface area contributed by atoms with Crippen LogP contribution in [0.1, 0.15) is 49.3 Å². The number of hydrogen-bond donors (Lipinski definition) is 0. The molecule has 2 aromatic rings. The highest BCUT2D eigenvalue weighted by Crippen LogP contribution is 2.18. The number of aromatic nitrogens is 3. The molecule has 3 rings (SSSR count). The number of hydrogen-bond acceptors (Lipinski definition) is 4. The fraction of sp³-hybridized carbons (Fsp3) is 0.526. The molecule has 1 aliphatic heterocycles. The highest BCUT2D eigenvalue weighted by atomic mass is 16.2. The van der Waals surface area contributed by atoms with Gasteiger partial charge in [-0.1, -0.05) is 19.9 Å². The zero-order valence-electron chi connectivity index (χ0n) is 15.4. The van der Waals surface area contributed by atoms with Gasteiger partial charge in [-0.05, 0) is 37.5 Å². The molecular formula is C19H27N5O. The lowest BCUT2D eigenvalue weighted by molar-refractivity contribution is 0.0754. The monoisotopic (exact) mass is 341 g/mol. The second-order valence-corrected chi connectivity index (χ2v) is 6.75. The number of pyridine rings is 1. The van der Waals surface area contributed by atoms with E-state index in [9.17, 15) is 4.79 Å². The third-order valence-corrected chi connectivity index (χ3v) is 4.67. The van der Waals surface area contributed by atoms with E-state index in [4.69, 9.17) is 0 Å². The van der Waals surface area contributed by atoms with Crippen molar-refractivity contribution in [1.82, 2.24) is 19.7 Å². The maximum absolute atomic E-state index is 13.0. The number of aryl methyl sites for hydroxylation is 1. The van der Waals surface area contributed by atoms with Gasteiger partial charge in [0.1, 0.15) is 11.5 Å². The van der Waals surface area contributed by atoms with Crippen LogP contribution in [-0.2, 0) is 6.54 Å². The molecule has 0 bridgehead atoms. The summed E-state index contributed by atoms with van der Waals surface area (Å²) in [4.78, 5) is 21.7. The summed E-state index contributed by atoms with van der Waals surface area (Å²) >= 11 is 0. The summed E-state index contributed by atoms with van der Waals surface area (Å²) in [7, 11) is 0. The molecule has 0 saturated carbocycles. The van der Waals surface area contributed by atoms with Gasteiger partial charge in [0.05, 0.1) is 5.69 Å². The van der Waals surface area contributed by atoms with Crippen LogP contribution >= 0.6 is 0 Å². The van der Waals surface area contributed by atoms with Crippen molar-refractivity contribution in [1.29, 1.82) is 0 Å². The van der Waals surface area contributed by atoms with Gasteiger partial charge in [0.25, 0.3) is 5.91 Å². The van der Waals surface area contributed by atoms with Gasteiger partial charge in [0.15, 0.2) is 0 Å². The van der Waals surface area contributed by atoms with Crippen LogP contribution in [0.5, 0.6) is 0 Å². The van der Waals surface area contributed by atoms with E-state index >= 15 is 0 Å². The molecule has 134 valence electrons. The van der Waals surface area contributed by atoms with Crippen molar-refractivity contribution in [2.75, 3.05) is 31.1 Å². The van der Waals surface area contributed by atoms with Gasteiger partial charge >= 0.3 is 0 Å². The van der Waals surface area contributed by atoms with Crippen LogP contribution in [0.4, 0.5) is 5.82 Å². The Bertz CT molecular complexity index is 710. The molecule has 1 aliphatic rings. The highest BCUT2D eigenvalue weighted by Gasteiger charge is 2.24. The molecule has 1 saturated heterocycles. The van der Waals surface area contributed by atoms with Gasteiger partial charge in [-0.25, -0.2) is 4.98 Å². The summed E-state index contributed by atoms with van der Waals surface area (Å²) in [5.74, 6) is 1.39. The van der Waals surface area contributed by atoms with E-state index in [1.807, 2.05) is 47.0 Å². The first-order valence-electron chi connectivity index (χ1n) is 9.13. The van der Waals surface area contributed by atoms with Gasteiger partial charge in [-0.3, -0.25) is 9.48 Å². The van der Waals surface area contributed by atoms with Gasteiger partial charge in [-0.2, -0.15) is 5.10 Å². The van der Waals surface area contributed by atoms with Gasteiger partial charge in [0.2, 0.25) is 0 Å². The Morgan fingerprint density at radius 3 is 2.72 bits per heavy atom. The van der Waals surface area contributed by atoms with E-state index in [-0.39, 0.29) is 5.91 Å². The minimum absolute atomic E-state index is 0.0871. The lowest BCUT2D eigenvalue weighted by Crippen LogP contribution is -2.36. The molecule has 0 unspecified atom stereocenters. The summed E-state index contributed by atoms with van der Waals surface area (Å²) in [6, 6.07) is 7.91.